The van der Waals surface area contributed by atoms with E-state index in [1.54, 1.807) is 18.2 Å². The molecule has 146 valence electrons. The zero-order valence-corrected chi connectivity index (χ0v) is 18.8. The standard InChI is InChI=1S/C9H12.C8H6ClN.C7H6Cl2/c1-3-9-7-5-4-6-8(9)2;1-6-2-3-7(5-10)8(9)4-6;1-5-2-3-6(8)7(9)4-5/h4-7H,3H2,1-2H3;2-4H,1H3;2-4H,1H3. The van der Waals surface area contributed by atoms with Crippen molar-refractivity contribution >= 4 is 34.8 Å². The lowest BCUT2D eigenvalue weighted by molar-refractivity contribution is 1.11. The molecule has 3 rings (SSSR count). The lowest BCUT2D eigenvalue weighted by Gasteiger charge is -1.98. The van der Waals surface area contributed by atoms with Crippen molar-refractivity contribution in [3.05, 3.63) is 104 Å². The molecule has 28 heavy (non-hydrogen) atoms. The second-order valence-electron chi connectivity index (χ2n) is 6.29. The molecular formula is C24H24Cl3N. The third-order valence-corrected chi connectivity index (χ3v) is 5.01. The molecule has 0 heterocycles. The van der Waals surface area contributed by atoms with E-state index in [4.69, 9.17) is 40.1 Å². The number of benzene rings is 3. The van der Waals surface area contributed by atoms with E-state index in [9.17, 15) is 0 Å². The summed E-state index contributed by atoms with van der Waals surface area (Å²) in [6.45, 7) is 8.25. The van der Waals surface area contributed by atoms with Gasteiger partial charge in [0.1, 0.15) is 6.07 Å². The Bertz CT molecular complexity index is 943. The van der Waals surface area contributed by atoms with E-state index in [0.29, 0.717) is 20.6 Å². The lowest BCUT2D eigenvalue weighted by Crippen LogP contribution is -1.82. The van der Waals surface area contributed by atoms with Gasteiger partial charge in [-0.05, 0) is 73.7 Å². The molecule has 0 aliphatic carbocycles. The monoisotopic (exact) mass is 431 g/mol. The largest absolute Gasteiger partial charge is 0.192 e. The van der Waals surface area contributed by atoms with Crippen molar-refractivity contribution in [2.45, 2.75) is 34.1 Å². The third-order valence-electron chi connectivity index (χ3n) is 3.96. The summed E-state index contributed by atoms with van der Waals surface area (Å²) in [5.41, 5.74) is 5.60. The Morgan fingerprint density at radius 3 is 1.75 bits per heavy atom. The fourth-order valence-corrected chi connectivity index (χ4v) is 2.95. The molecule has 1 nitrogen and oxygen atoms in total. The fourth-order valence-electron chi connectivity index (χ4n) is 2.32. The maximum absolute atomic E-state index is 8.47. The SMILES string of the molecule is CCc1ccccc1C.Cc1ccc(C#N)c(Cl)c1.Cc1ccc(Cl)c(Cl)c1. The summed E-state index contributed by atoms with van der Waals surface area (Å²) >= 11 is 17.0. The topological polar surface area (TPSA) is 23.8 Å². The molecule has 0 atom stereocenters. The predicted molar refractivity (Wildman–Crippen MR) is 123 cm³/mol. The van der Waals surface area contributed by atoms with E-state index in [1.807, 2.05) is 38.1 Å². The van der Waals surface area contributed by atoms with Gasteiger partial charge in [0.15, 0.2) is 0 Å². The van der Waals surface area contributed by atoms with E-state index >= 15 is 0 Å². The molecule has 0 N–H and O–H groups in total. The first-order valence-corrected chi connectivity index (χ1v) is 10.0. The van der Waals surface area contributed by atoms with Gasteiger partial charge in [-0.2, -0.15) is 5.26 Å². The summed E-state index contributed by atoms with van der Waals surface area (Å²) in [6.07, 6.45) is 1.15. The summed E-state index contributed by atoms with van der Waals surface area (Å²) in [5.74, 6) is 0. The molecule has 0 aromatic heterocycles. The normalized spacial score (nSPS) is 9.36. The Hall–Kier alpha value is -1.98. The zero-order valence-electron chi connectivity index (χ0n) is 16.6. The number of rotatable bonds is 1. The lowest BCUT2D eigenvalue weighted by atomic mass is 10.1. The quantitative estimate of drug-likeness (QED) is 0.379. The molecule has 0 aliphatic rings. The summed E-state index contributed by atoms with van der Waals surface area (Å²) < 4.78 is 0. The average Bonchev–Trinajstić information content (AvgIpc) is 2.66. The first-order chi connectivity index (χ1) is 13.3. The molecule has 0 spiro atoms. The van der Waals surface area contributed by atoms with Crippen LogP contribution in [0.2, 0.25) is 15.1 Å². The van der Waals surface area contributed by atoms with Crippen LogP contribution in [0.1, 0.15) is 34.7 Å². The summed E-state index contributed by atoms with van der Waals surface area (Å²) in [5, 5.41) is 10.2. The van der Waals surface area contributed by atoms with Gasteiger partial charge < -0.3 is 0 Å². The Morgan fingerprint density at radius 1 is 0.750 bits per heavy atom. The summed E-state index contributed by atoms with van der Waals surface area (Å²) in [4.78, 5) is 0. The molecule has 3 aromatic rings. The van der Waals surface area contributed by atoms with Crippen LogP contribution in [0, 0.1) is 32.1 Å². The number of nitrogens with zero attached hydrogens (tertiary/aromatic N) is 1. The Kier molecular flexibility index (Phi) is 10.7. The number of nitriles is 1. The van der Waals surface area contributed by atoms with Gasteiger partial charge in [0, 0.05) is 0 Å². The van der Waals surface area contributed by atoms with Crippen molar-refractivity contribution in [2.24, 2.45) is 0 Å². The second kappa shape index (κ2) is 12.5. The minimum Gasteiger partial charge on any atom is -0.192 e. The minimum absolute atomic E-state index is 0.530. The number of hydrogen-bond donors (Lipinski definition) is 0. The van der Waals surface area contributed by atoms with Crippen LogP contribution in [-0.2, 0) is 6.42 Å². The van der Waals surface area contributed by atoms with Crippen LogP contribution in [-0.4, -0.2) is 0 Å². The Labute approximate surface area is 183 Å². The first-order valence-electron chi connectivity index (χ1n) is 8.90. The molecule has 0 unspecified atom stereocenters. The van der Waals surface area contributed by atoms with E-state index < -0.39 is 0 Å². The molecule has 0 aliphatic heterocycles. The van der Waals surface area contributed by atoms with Gasteiger partial charge in [0.25, 0.3) is 0 Å². The highest BCUT2D eigenvalue weighted by Gasteiger charge is 1.96. The van der Waals surface area contributed by atoms with Crippen LogP contribution in [0.4, 0.5) is 0 Å². The van der Waals surface area contributed by atoms with Crippen LogP contribution in [0.3, 0.4) is 0 Å². The smallest absolute Gasteiger partial charge is 0.101 e. The van der Waals surface area contributed by atoms with Gasteiger partial charge in [0.2, 0.25) is 0 Å². The molecular weight excluding hydrogens is 409 g/mol. The van der Waals surface area contributed by atoms with Crippen molar-refractivity contribution in [3.8, 4) is 6.07 Å². The van der Waals surface area contributed by atoms with Crippen molar-refractivity contribution in [2.75, 3.05) is 0 Å². The van der Waals surface area contributed by atoms with Crippen molar-refractivity contribution < 1.29 is 0 Å². The van der Waals surface area contributed by atoms with Crippen LogP contribution in [0.15, 0.2) is 60.7 Å². The molecule has 0 fully saturated rings. The van der Waals surface area contributed by atoms with E-state index in [0.717, 1.165) is 17.5 Å². The maximum Gasteiger partial charge on any atom is 0.101 e. The zero-order chi connectivity index (χ0) is 21.1. The molecule has 0 radical (unpaired) electrons. The van der Waals surface area contributed by atoms with Gasteiger partial charge in [-0.1, -0.05) is 78.1 Å². The molecule has 0 bridgehead atoms. The summed E-state index contributed by atoms with van der Waals surface area (Å²) in [7, 11) is 0. The average molecular weight is 433 g/mol. The Morgan fingerprint density at radius 2 is 1.32 bits per heavy atom. The highest BCUT2D eigenvalue weighted by molar-refractivity contribution is 6.42. The van der Waals surface area contributed by atoms with E-state index in [2.05, 4.69) is 38.1 Å². The highest BCUT2D eigenvalue weighted by atomic mass is 35.5. The van der Waals surface area contributed by atoms with Crippen molar-refractivity contribution in [1.82, 2.24) is 0 Å². The van der Waals surface area contributed by atoms with E-state index in [-0.39, 0.29) is 0 Å². The number of hydrogen-bond acceptors (Lipinski definition) is 1. The number of halogens is 3. The molecule has 4 heteroatoms. The third kappa shape index (κ3) is 8.36. The van der Waals surface area contributed by atoms with Gasteiger partial charge >= 0.3 is 0 Å². The van der Waals surface area contributed by atoms with Gasteiger partial charge in [-0.15, -0.1) is 0 Å². The van der Waals surface area contributed by atoms with Gasteiger partial charge in [-0.25, -0.2) is 0 Å². The van der Waals surface area contributed by atoms with Gasteiger partial charge in [-0.3, -0.25) is 0 Å². The summed E-state index contributed by atoms with van der Waals surface area (Å²) in [6, 6.07) is 21.4. The Balaban J connectivity index is 0.000000210. The molecule has 3 aromatic carbocycles. The van der Waals surface area contributed by atoms with Crippen molar-refractivity contribution in [3.63, 3.8) is 0 Å². The minimum atomic E-state index is 0.530. The van der Waals surface area contributed by atoms with Crippen molar-refractivity contribution in [1.29, 1.82) is 5.26 Å². The predicted octanol–water partition coefficient (Wildman–Crippen LogP) is 8.38. The second-order valence-corrected chi connectivity index (χ2v) is 7.51. The van der Waals surface area contributed by atoms with Gasteiger partial charge in [0.05, 0.1) is 20.6 Å². The van der Waals surface area contributed by atoms with Crippen LogP contribution >= 0.6 is 34.8 Å². The fraction of sp³-hybridized carbons (Fsp3) is 0.208. The highest BCUT2D eigenvalue weighted by Crippen LogP contribution is 2.21. The number of aryl methyl sites for hydroxylation is 4. The molecule has 0 amide bonds. The van der Waals surface area contributed by atoms with E-state index in [1.165, 1.54) is 11.1 Å². The van der Waals surface area contributed by atoms with Crippen LogP contribution in [0.5, 0.6) is 0 Å². The molecule has 0 saturated carbocycles. The molecule has 0 saturated heterocycles. The first kappa shape index (κ1) is 24.1. The van der Waals surface area contributed by atoms with Crippen LogP contribution < -0.4 is 0 Å². The van der Waals surface area contributed by atoms with Crippen LogP contribution in [0.25, 0.3) is 0 Å². The maximum atomic E-state index is 8.47.